The van der Waals surface area contributed by atoms with Crippen LogP contribution in [0.25, 0.3) is 10.2 Å². The van der Waals surface area contributed by atoms with Crippen molar-refractivity contribution in [2.24, 2.45) is 7.05 Å². The minimum atomic E-state index is -0.253. The summed E-state index contributed by atoms with van der Waals surface area (Å²) in [6.45, 7) is 3.89. The van der Waals surface area contributed by atoms with Crippen LogP contribution in [-0.4, -0.2) is 22.9 Å². The highest BCUT2D eigenvalue weighted by molar-refractivity contribution is 7.17. The lowest BCUT2D eigenvalue weighted by Crippen LogP contribution is -2.33. The maximum Gasteiger partial charge on any atom is 0.268 e. The molecule has 5 nitrogen and oxygen atoms in total. The summed E-state index contributed by atoms with van der Waals surface area (Å²) >= 11 is 1.59. The van der Waals surface area contributed by atoms with E-state index in [-0.39, 0.29) is 18.4 Å². The van der Waals surface area contributed by atoms with Gasteiger partial charge >= 0.3 is 0 Å². The first-order chi connectivity index (χ1) is 11.4. The number of thiophene rings is 1. The average molecular weight is 341 g/mol. The first kappa shape index (κ1) is 16.3. The van der Waals surface area contributed by atoms with Gasteiger partial charge in [-0.3, -0.25) is 9.59 Å². The van der Waals surface area contributed by atoms with Crippen molar-refractivity contribution in [1.29, 1.82) is 0 Å². The minimum absolute atomic E-state index is 0.0648. The zero-order chi connectivity index (χ0) is 17.3. The van der Waals surface area contributed by atoms with Crippen molar-refractivity contribution in [3.8, 4) is 0 Å². The highest BCUT2D eigenvalue weighted by Crippen LogP contribution is 2.24. The van der Waals surface area contributed by atoms with Gasteiger partial charge in [-0.15, -0.1) is 11.3 Å². The number of anilines is 1. The van der Waals surface area contributed by atoms with E-state index < -0.39 is 0 Å². The molecule has 2 aromatic heterocycles. The van der Waals surface area contributed by atoms with Crippen LogP contribution in [0.3, 0.4) is 0 Å². The quantitative estimate of drug-likeness (QED) is 0.765. The lowest BCUT2D eigenvalue weighted by molar-refractivity contribution is -0.115. The van der Waals surface area contributed by atoms with Crippen LogP contribution >= 0.6 is 11.3 Å². The maximum atomic E-state index is 12.3. The highest BCUT2D eigenvalue weighted by Gasteiger charge is 2.15. The van der Waals surface area contributed by atoms with Crippen LogP contribution in [-0.2, 0) is 11.8 Å². The van der Waals surface area contributed by atoms with Crippen molar-refractivity contribution in [3.05, 3.63) is 52.5 Å². The number of rotatable bonds is 4. The number of benzene rings is 1. The van der Waals surface area contributed by atoms with Crippen LogP contribution in [0.15, 0.2) is 35.7 Å². The Bertz CT molecular complexity index is 903. The predicted molar refractivity (Wildman–Crippen MR) is 97.7 cm³/mol. The van der Waals surface area contributed by atoms with E-state index in [1.165, 1.54) is 0 Å². The highest BCUT2D eigenvalue weighted by atomic mass is 32.1. The topological polar surface area (TPSA) is 63.1 Å². The van der Waals surface area contributed by atoms with E-state index in [1.807, 2.05) is 61.2 Å². The molecule has 0 fully saturated rings. The van der Waals surface area contributed by atoms with Gasteiger partial charge in [0.2, 0.25) is 5.91 Å². The van der Waals surface area contributed by atoms with Gasteiger partial charge < -0.3 is 15.2 Å². The molecule has 124 valence electrons. The first-order valence-electron chi connectivity index (χ1n) is 7.63. The fraction of sp³-hybridized carbons (Fsp3) is 0.222. The van der Waals surface area contributed by atoms with E-state index in [9.17, 15) is 9.59 Å². The number of carbonyl (C=O) groups is 2. The lowest BCUT2D eigenvalue weighted by atomic mass is 10.1. The Morgan fingerprint density at radius 2 is 1.83 bits per heavy atom. The van der Waals surface area contributed by atoms with Gasteiger partial charge in [-0.2, -0.15) is 0 Å². The van der Waals surface area contributed by atoms with Crippen molar-refractivity contribution < 1.29 is 9.59 Å². The Labute approximate surface area is 144 Å². The summed E-state index contributed by atoms with van der Waals surface area (Å²) in [5, 5.41) is 7.47. The van der Waals surface area contributed by atoms with Crippen LogP contribution in [0.5, 0.6) is 0 Å². The summed E-state index contributed by atoms with van der Waals surface area (Å²) < 4.78 is 2.89. The van der Waals surface area contributed by atoms with E-state index in [4.69, 9.17) is 0 Å². The molecule has 0 saturated heterocycles. The minimum Gasteiger partial charge on any atom is -0.342 e. The zero-order valence-corrected chi connectivity index (χ0v) is 14.7. The van der Waals surface area contributed by atoms with E-state index in [0.717, 1.165) is 27.0 Å². The van der Waals surface area contributed by atoms with Crippen molar-refractivity contribution in [2.45, 2.75) is 13.8 Å². The number of nitrogens with one attached hydrogen (secondary N) is 2. The van der Waals surface area contributed by atoms with Crippen LogP contribution in [0.1, 0.15) is 21.6 Å². The number of fused-ring (bicyclic) bond motifs is 1. The normalized spacial score (nSPS) is 10.8. The number of hydrogen-bond donors (Lipinski definition) is 2. The lowest BCUT2D eigenvalue weighted by Gasteiger charge is -2.09. The molecule has 2 amide bonds. The molecule has 0 unspecified atom stereocenters. The molecule has 2 heterocycles. The molecule has 3 rings (SSSR count). The van der Waals surface area contributed by atoms with Crippen LogP contribution in [0.4, 0.5) is 5.69 Å². The van der Waals surface area contributed by atoms with Gasteiger partial charge in [0.05, 0.1) is 16.8 Å². The monoisotopic (exact) mass is 341 g/mol. The molecule has 3 aromatic rings. The standard InChI is InChI=1S/C18H19N3O2S/c1-11-6-12(2)8-13(7-11)20-17(22)10-19-18(23)15-9-16-14(21(15)3)4-5-24-16/h4-9H,10H2,1-3H3,(H,19,23)(H,20,22). The molecule has 0 atom stereocenters. The van der Waals surface area contributed by atoms with E-state index in [2.05, 4.69) is 10.6 Å². The predicted octanol–water partition coefficient (Wildman–Crippen LogP) is 3.23. The van der Waals surface area contributed by atoms with Gasteiger partial charge in [0.1, 0.15) is 5.69 Å². The van der Waals surface area contributed by atoms with Crippen molar-refractivity contribution in [2.75, 3.05) is 11.9 Å². The van der Waals surface area contributed by atoms with E-state index in [0.29, 0.717) is 5.69 Å². The largest absolute Gasteiger partial charge is 0.342 e. The van der Waals surface area contributed by atoms with Gasteiger partial charge in [0.15, 0.2) is 0 Å². The first-order valence-corrected chi connectivity index (χ1v) is 8.51. The molecule has 1 aromatic carbocycles. The van der Waals surface area contributed by atoms with Gasteiger partial charge in [0, 0.05) is 12.7 Å². The second-order valence-electron chi connectivity index (χ2n) is 5.87. The molecule has 0 aliphatic heterocycles. The van der Waals surface area contributed by atoms with Crippen LogP contribution in [0.2, 0.25) is 0 Å². The number of nitrogens with zero attached hydrogens (tertiary/aromatic N) is 1. The molecule has 2 N–H and O–H groups in total. The van der Waals surface area contributed by atoms with Crippen molar-refractivity contribution in [3.63, 3.8) is 0 Å². The SMILES string of the molecule is Cc1cc(C)cc(NC(=O)CNC(=O)c2cc3sccc3n2C)c1. The van der Waals surface area contributed by atoms with Crippen molar-refractivity contribution >= 4 is 39.1 Å². The Kier molecular flexibility index (Phi) is 4.40. The van der Waals surface area contributed by atoms with E-state index in [1.54, 1.807) is 11.3 Å². The van der Waals surface area contributed by atoms with Gasteiger partial charge in [-0.1, -0.05) is 6.07 Å². The third-order valence-electron chi connectivity index (χ3n) is 3.81. The Balaban J connectivity index is 1.62. The molecule has 6 heteroatoms. The number of aromatic nitrogens is 1. The van der Waals surface area contributed by atoms with Gasteiger partial charge in [-0.05, 0) is 54.6 Å². The number of carbonyl (C=O) groups excluding carboxylic acids is 2. The van der Waals surface area contributed by atoms with E-state index >= 15 is 0 Å². The molecule has 0 saturated carbocycles. The fourth-order valence-corrected chi connectivity index (χ4v) is 3.62. The third kappa shape index (κ3) is 3.33. The molecule has 24 heavy (non-hydrogen) atoms. The van der Waals surface area contributed by atoms with Gasteiger partial charge in [-0.25, -0.2) is 0 Å². The van der Waals surface area contributed by atoms with Crippen LogP contribution in [0, 0.1) is 13.8 Å². The molecule has 0 aliphatic carbocycles. The fourth-order valence-electron chi connectivity index (χ4n) is 2.77. The number of aryl methyl sites for hydroxylation is 3. The second kappa shape index (κ2) is 6.49. The van der Waals surface area contributed by atoms with Crippen molar-refractivity contribution in [1.82, 2.24) is 9.88 Å². The number of amides is 2. The molecular formula is C18H19N3O2S. The Morgan fingerprint density at radius 1 is 1.12 bits per heavy atom. The Morgan fingerprint density at radius 3 is 2.50 bits per heavy atom. The third-order valence-corrected chi connectivity index (χ3v) is 4.66. The summed E-state index contributed by atoms with van der Waals surface area (Å²) in [5.74, 6) is -0.499. The average Bonchev–Trinajstić information content (AvgIpc) is 3.07. The summed E-state index contributed by atoms with van der Waals surface area (Å²) in [4.78, 5) is 24.3. The summed E-state index contributed by atoms with van der Waals surface area (Å²) in [7, 11) is 1.85. The Hall–Kier alpha value is -2.60. The molecular weight excluding hydrogens is 322 g/mol. The molecule has 0 radical (unpaired) electrons. The summed E-state index contributed by atoms with van der Waals surface area (Å²) in [5.41, 5.74) is 4.48. The zero-order valence-electron chi connectivity index (χ0n) is 13.8. The molecule has 0 aliphatic rings. The molecule has 0 bridgehead atoms. The van der Waals surface area contributed by atoms with Gasteiger partial charge in [0.25, 0.3) is 5.91 Å². The smallest absolute Gasteiger partial charge is 0.268 e. The summed E-state index contributed by atoms with van der Waals surface area (Å²) in [6, 6.07) is 9.66. The second-order valence-corrected chi connectivity index (χ2v) is 6.81. The number of hydrogen-bond acceptors (Lipinski definition) is 3. The molecule has 0 spiro atoms. The van der Waals surface area contributed by atoms with Crippen LogP contribution < -0.4 is 10.6 Å². The summed E-state index contributed by atoms with van der Waals surface area (Å²) in [6.07, 6.45) is 0. The maximum absolute atomic E-state index is 12.3.